The molecule has 0 saturated carbocycles. The molecule has 1 aromatic rings. The van der Waals surface area contributed by atoms with Crippen molar-refractivity contribution in [3.8, 4) is 0 Å². The molecule has 0 aliphatic heterocycles. The van der Waals surface area contributed by atoms with Gasteiger partial charge in [0.05, 0.1) is 11.9 Å². The largest absolute Gasteiger partial charge is 0.396 e. The highest BCUT2D eigenvalue weighted by Crippen LogP contribution is 2.13. The highest BCUT2D eigenvalue weighted by molar-refractivity contribution is 5.97. The molecule has 0 atom stereocenters. The van der Waals surface area contributed by atoms with Crippen molar-refractivity contribution in [2.24, 2.45) is 7.05 Å². The number of nitrogens with zero attached hydrogens (tertiary/aromatic N) is 2. The van der Waals surface area contributed by atoms with E-state index in [1.165, 1.54) is 10.9 Å². The summed E-state index contributed by atoms with van der Waals surface area (Å²) in [6, 6.07) is 0. The molecule has 0 spiro atoms. The third kappa shape index (κ3) is 2.49. The van der Waals surface area contributed by atoms with E-state index in [9.17, 15) is 4.79 Å². The zero-order valence-electron chi connectivity index (χ0n) is 9.66. The molecule has 1 amide bonds. The van der Waals surface area contributed by atoms with E-state index in [1.54, 1.807) is 7.05 Å². The summed E-state index contributed by atoms with van der Waals surface area (Å²) in [5.41, 5.74) is 6.25. The number of aryl methyl sites for hydroxylation is 1. The second-order valence-corrected chi connectivity index (χ2v) is 4.26. The Hall–Kier alpha value is -1.52. The molecule has 0 radical (unpaired) electrons. The van der Waals surface area contributed by atoms with E-state index in [2.05, 4.69) is 10.4 Å². The molecule has 5 nitrogen and oxygen atoms in total. The van der Waals surface area contributed by atoms with Gasteiger partial charge in [-0.2, -0.15) is 5.10 Å². The average molecular weight is 210 g/mol. The Labute approximate surface area is 89.6 Å². The van der Waals surface area contributed by atoms with Gasteiger partial charge in [-0.1, -0.05) is 6.92 Å². The van der Waals surface area contributed by atoms with Gasteiger partial charge in [0.25, 0.3) is 5.91 Å². The van der Waals surface area contributed by atoms with Crippen LogP contribution in [0.4, 0.5) is 5.69 Å². The lowest BCUT2D eigenvalue weighted by Gasteiger charge is -2.24. The lowest BCUT2D eigenvalue weighted by molar-refractivity contribution is 0.0902. The number of aromatic nitrogens is 2. The van der Waals surface area contributed by atoms with Gasteiger partial charge in [0, 0.05) is 12.6 Å². The molecule has 15 heavy (non-hydrogen) atoms. The summed E-state index contributed by atoms with van der Waals surface area (Å²) < 4.78 is 1.48. The molecule has 1 heterocycles. The molecule has 0 aliphatic rings. The van der Waals surface area contributed by atoms with E-state index in [4.69, 9.17) is 5.73 Å². The number of carbonyl (C=O) groups is 1. The molecule has 0 aromatic carbocycles. The Kier molecular flexibility index (Phi) is 3.02. The predicted octanol–water partition coefficient (Wildman–Crippen LogP) is 0.921. The molecule has 3 N–H and O–H groups in total. The summed E-state index contributed by atoms with van der Waals surface area (Å²) in [4.78, 5) is 11.9. The van der Waals surface area contributed by atoms with E-state index in [0.717, 1.165) is 6.42 Å². The molecule has 0 fully saturated rings. The number of hydrogen-bond donors (Lipinski definition) is 2. The zero-order valence-corrected chi connectivity index (χ0v) is 9.66. The van der Waals surface area contributed by atoms with Gasteiger partial charge in [-0.3, -0.25) is 9.48 Å². The van der Waals surface area contributed by atoms with Crippen LogP contribution in [0.25, 0.3) is 0 Å². The van der Waals surface area contributed by atoms with Gasteiger partial charge in [0.1, 0.15) is 5.69 Å². The molecule has 0 bridgehead atoms. The summed E-state index contributed by atoms with van der Waals surface area (Å²) in [5, 5.41) is 6.83. The normalized spacial score (nSPS) is 11.5. The number of anilines is 1. The summed E-state index contributed by atoms with van der Waals surface area (Å²) >= 11 is 0. The summed E-state index contributed by atoms with van der Waals surface area (Å²) in [5.74, 6) is -0.181. The maximum atomic E-state index is 11.9. The zero-order chi connectivity index (χ0) is 11.6. The number of hydrogen-bond acceptors (Lipinski definition) is 3. The minimum atomic E-state index is -0.228. The number of rotatable bonds is 3. The van der Waals surface area contributed by atoms with Crippen molar-refractivity contribution < 1.29 is 4.79 Å². The van der Waals surface area contributed by atoms with Crippen LogP contribution in [0, 0.1) is 0 Å². The summed E-state index contributed by atoms with van der Waals surface area (Å²) in [6.07, 6.45) is 2.34. The Morgan fingerprint density at radius 2 is 2.27 bits per heavy atom. The van der Waals surface area contributed by atoms with Crippen LogP contribution >= 0.6 is 0 Å². The SMILES string of the molecule is CCC(C)(C)NC(=O)c1c(N)cnn1C. The molecule has 5 heteroatoms. The predicted molar refractivity (Wildman–Crippen MR) is 59.5 cm³/mol. The highest BCUT2D eigenvalue weighted by atomic mass is 16.2. The molecule has 1 rings (SSSR count). The van der Waals surface area contributed by atoms with Gasteiger partial charge in [0.15, 0.2) is 0 Å². The Bertz CT molecular complexity index is 348. The second-order valence-electron chi connectivity index (χ2n) is 4.26. The fraction of sp³-hybridized carbons (Fsp3) is 0.600. The molecular formula is C10H18N4O. The van der Waals surface area contributed by atoms with Crippen molar-refractivity contribution in [3.05, 3.63) is 11.9 Å². The standard InChI is InChI=1S/C10H18N4O/c1-5-10(2,3)13-9(15)8-7(11)6-12-14(8)4/h6H,5,11H2,1-4H3,(H,13,15). The van der Waals surface area contributed by atoms with Gasteiger partial charge in [0.2, 0.25) is 0 Å². The van der Waals surface area contributed by atoms with Crippen molar-refractivity contribution in [2.45, 2.75) is 32.7 Å². The van der Waals surface area contributed by atoms with Crippen LogP contribution < -0.4 is 11.1 Å². The minimum Gasteiger partial charge on any atom is -0.396 e. The number of amides is 1. The Morgan fingerprint density at radius 3 is 2.67 bits per heavy atom. The fourth-order valence-corrected chi connectivity index (χ4v) is 1.19. The first-order valence-corrected chi connectivity index (χ1v) is 4.97. The lowest BCUT2D eigenvalue weighted by Crippen LogP contribution is -2.43. The van der Waals surface area contributed by atoms with Crippen LogP contribution in [0.2, 0.25) is 0 Å². The smallest absolute Gasteiger partial charge is 0.272 e. The molecule has 84 valence electrons. The Balaban J connectivity index is 2.87. The summed E-state index contributed by atoms with van der Waals surface area (Å²) in [7, 11) is 1.70. The average Bonchev–Trinajstić information content (AvgIpc) is 2.45. The van der Waals surface area contributed by atoms with Crippen LogP contribution in [0.5, 0.6) is 0 Å². The topological polar surface area (TPSA) is 72.9 Å². The molecular weight excluding hydrogens is 192 g/mol. The van der Waals surface area contributed by atoms with Crippen LogP contribution in [0.3, 0.4) is 0 Å². The number of nitrogens with one attached hydrogen (secondary N) is 1. The highest BCUT2D eigenvalue weighted by Gasteiger charge is 2.22. The van der Waals surface area contributed by atoms with E-state index in [0.29, 0.717) is 11.4 Å². The first kappa shape index (κ1) is 11.6. The molecule has 0 aliphatic carbocycles. The van der Waals surface area contributed by atoms with Crippen molar-refractivity contribution >= 4 is 11.6 Å². The number of nitrogens with two attached hydrogens (primary N) is 1. The van der Waals surface area contributed by atoms with E-state index in [-0.39, 0.29) is 11.4 Å². The van der Waals surface area contributed by atoms with Crippen molar-refractivity contribution in [3.63, 3.8) is 0 Å². The van der Waals surface area contributed by atoms with E-state index >= 15 is 0 Å². The lowest BCUT2D eigenvalue weighted by atomic mass is 10.0. The first-order chi connectivity index (χ1) is 6.87. The van der Waals surface area contributed by atoms with Crippen LogP contribution in [-0.4, -0.2) is 21.2 Å². The minimum absolute atomic E-state index is 0.181. The monoisotopic (exact) mass is 210 g/mol. The third-order valence-electron chi connectivity index (χ3n) is 2.52. The van der Waals surface area contributed by atoms with Crippen LogP contribution in [-0.2, 0) is 7.05 Å². The van der Waals surface area contributed by atoms with Gasteiger partial charge < -0.3 is 11.1 Å². The van der Waals surface area contributed by atoms with Crippen LogP contribution in [0.15, 0.2) is 6.20 Å². The molecule has 1 aromatic heterocycles. The van der Waals surface area contributed by atoms with Crippen molar-refractivity contribution in [1.29, 1.82) is 0 Å². The third-order valence-corrected chi connectivity index (χ3v) is 2.52. The van der Waals surface area contributed by atoms with Gasteiger partial charge in [-0.05, 0) is 20.3 Å². The first-order valence-electron chi connectivity index (χ1n) is 4.97. The van der Waals surface area contributed by atoms with Gasteiger partial charge in [-0.25, -0.2) is 0 Å². The molecule has 0 unspecified atom stereocenters. The molecule has 0 saturated heterocycles. The number of carbonyl (C=O) groups excluding carboxylic acids is 1. The Morgan fingerprint density at radius 1 is 1.67 bits per heavy atom. The maximum absolute atomic E-state index is 11.9. The maximum Gasteiger partial charge on any atom is 0.272 e. The second kappa shape index (κ2) is 3.92. The van der Waals surface area contributed by atoms with Crippen molar-refractivity contribution in [1.82, 2.24) is 15.1 Å². The van der Waals surface area contributed by atoms with Crippen LogP contribution in [0.1, 0.15) is 37.7 Å². The summed E-state index contributed by atoms with van der Waals surface area (Å²) in [6.45, 7) is 5.96. The van der Waals surface area contributed by atoms with Crippen molar-refractivity contribution in [2.75, 3.05) is 5.73 Å². The van der Waals surface area contributed by atoms with Gasteiger partial charge >= 0.3 is 0 Å². The number of nitrogen functional groups attached to an aromatic ring is 1. The fourth-order valence-electron chi connectivity index (χ4n) is 1.19. The van der Waals surface area contributed by atoms with E-state index < -0.39 is 0 Å². The quantitative estimate of drug-likeness (QED) is 0.779. The van der Waals surface area contributed by atoms with Gasteiger partial charge in [-0.15, -0.1) is 0 Å². The van der Waals surface area contributed by atoms with E-state index in [1.807, 2.05) is 20.8 Å².